The summed E-state index contributed by atoms with van der Waals surface area (Å²) in [7, 11) is 0. The second-order valence-electron chi connectivity index (χ2n) is 5.94. The Morgan fingerprint density at radius 3 is 2.65 bits per heavy atom. The molecule has 1 N–H and O–H groups in total. The molecule has 1 atom stereocenters. The SMILES string of the molecule is c1cncc(C(c2cnc3ccccc3c2)N2CCNCC2)c1. The minimum atomic E-state index is 0.211. The minimum absolute atomic E-state index is 0.211. The second-order valence-corrected chi connectivity index (χ2v) is 5.94. The summed E-state index contributed by atoms with van der Waals surface area (Å²) in [4.78, 5) is 11.5. The van der Waals surface area contributed by atoms with Crippen LogP contribution in [0.2, 0.25) is 0 Å². The molecule has 0 bridgehead atoms. The molecule has 4 heteroatoms. The minimum Gasteiger partial charge on any atom is -0.314 e. The normalized spacial score (nSPS) is 17.2. The van der Waals surface area contributed by atoms with E-state index in [2.05, 4.69) is 50.5 Å². The predicted octanol–water partition coefficient (Wildman–Crippen LogP) is 2.62. The molecule has 0 amide bonds. The number of nitrogens with one attached hydrogen (secondary N) is 1. The maximum absolute atomic E-state index is 4.66. The number of fused-ring (bicyclic) bond motifs is 1. The highest BCUT2D eigenvalue weighted by Gasteiger charge is 2.24. The molecular weight excluding hydrogens is 284 g/mol. The van der Waals surface area contributed by atoms with Crippen molar-refractivity contribution < 1.29 is 0 Å². The summed E-state index contributed by atoms with van der Waals surface area (Å²) in [6, 6.07) is 14.9. The number of nitrogens with zero attached hydrogens (tertiary/aromatic N) is 3. The lowest BCUT2D eigenvalue weighted by Crippen LogP contribution is -2.45. The van der Waals surface area contributed by atoms with E-state index in [0.29, 0.717) is 0 Å². The summed E-state index contributed by atoms with van der Waals surface area (Å²) in [6.07, 6.45) is 5.82. The van der Waals surface area contributed by atoms with Crippen LogP contribution < -0.4 is 5.32 Å². The zero-order valence-electron chi connectivity index (χ0n) is 13.0. The van der Waals surface area contributed by atoms with Crippen molar-refractivity contribution in [1.29, 1.82) is 0 Å². The van der Waals surface area contributed by atoms with Gasteiger partial charge in [0.1, 0.15) is 0 Å². The number of aromatic nitrogens is 2. The molecule has 0 spiro atoms. The van der Waals surface area contributed by atoms with Crippen LogP contribution in [0.1, 0.15) is 17.2 Å². The highest BCUT2D eigenvalue weighted by atomic mass is 15.2. The van der Waals surface area contributed by atoms with Crippen molar-refractivity contribution in [1.82, 2.24) is 20.2 Å². The molecule has 1 fully saturated rings. The van der Waals surface area contributed by atoms with Crippen LogP contribution in [0.3, 0.4) is 0 Å². The Balaban J connectivity index is 1.79. The number of rotatable bonds is 3. The fraction of sp³-hybridized carbons (Fsp3) is 0.263. The highest BCUT2D eigenvalue weighted by Crippen LogP contribution is 2.29. The van der Waals surface area contributed by atoms with Gasteiger partial charge < -0.3 is 5.32 Å². The Kier molecular flexibility index (Phi) is 4.01. The van der Waals surface area contributed by atoms with Crippen LogP contribution >= 0.6 is 0 Å². The molecular formula is C19H20N4. The van der Waals surface area contributed by atoms with Gasteiger partial charge in [-0.1, -0.05) is 24.3 Å². The molecule has 0 radical (unpaired) electrons. The smallest absolute Gasteiger partial charge is 0.0702 e. The van der Waals surface area contributed by atoms with Gasteiger partial charge in [0, 0.05) is 50.2 Å². The maximum Gasteiger partial charge on any atom is 0.0702 e. The molecule has 1 saturated heterocycles. The molecule has 0 aliphatic carbocycles. The van der Waals surface area contributed by atoms with Gasteiger partial charge in [-0.2, -0.15) is 0 Å². The molecule has 4 rings (SSSR count). The lowest BCUT2D eigenvalue weighted by molar-refractivity contribution is 0.198. The van der Waals surface area contributed by atoms with E-state index in [1.807, 2.05) is 30.7 Å². The van der Waals surface area contributed by atoms with E-state index in [-0.39, 0.29) is 6.04 Å². The number of hydrogen-bond donors (Lipinski definition) is 1. The summed E-state index contributed by atoms with van der Waals surface area (Å²) < 4.78 is 0. The molecule has 2 aromatic heterocycles. The van der Waals surface area contributed by atoms with Crippen molar-refractivity contribution in [3.8, 4) is 0 Å². The quantitative estimate of drug-likeness (QED) is 0.807. The van der Waals surface area contributed by atoms with Crippen LogP contribution in [0.5, 0.6) is 0 Å². The first-order chi connectivity index (χ1) is 11.4. The van der Waals surface area contributed by atoms with Crippen molar-refractivity contribution in [2.75, 3.05) is 26.2 Å². The fourth-order valence-electron chi connectivity index (χ4n) is 3.33. The van der Waals surface area contributed by atoms with Gasteiger partial charge in [0.2, 0.25) is 0 Å². The number of piperazine rings is 1. The Labute approximate surface area is 136 Å². The van der Waals surface area contributed by atoms with Gasteiger partial charge in [-0.15, -0.1) is 0 Å². The van der Waals surface area contributed by atoms with E-state index < -0.39 is 0 Å². The highest BCUT2D eigenvalue weighted by molar-refractivity contribution is 5.79. The van der Waals surface area contributed by atoms with Crippen LogP contribution in [0.25, 0.3) is 10.9 Å². The van der Waals surface area contributed by atoms with Gasteiger partial charge in [0.15, 0.2) is 0 Å². The van der Waals surface area contributed by atoms with Gasteiger partial charge in [0.05, 0.1) is 11.6 Å². The largest absolute Gasteiger partial charge is 0.314 e. The first-order valence-corrected chi connectivity index (χ1v) is 8.11. The predicted molar refractivity (Wildman–Crippen MR) is 92.3 cm³/mol. The average molecular weight is 304 g/mol. The number of benzene rings is 1. The average Bonchev–Trinajstić information content (AvgIpc) is 2.64. The third-order valence-corrected chi connectivity index (χ3v) is 4.44. The van der Waals surface area contributed by atoms with E-state index in [1.54, 1.807) is 0 Å². The first kappa shape index (κ1) is 14.3. The zero-order chi connectivity index (χ0) is 15.5. The Morgan fingerprint density at radius 2 is 1.83 bits per heavy atom. The van der Waals surface area contributed by atoms with Gasteiger partial charge in [-0.05, 0) is 29.3 Å². The Bertz CT molecular complexity index is 781. The van der Waals surface area contributed by atoms with Crippen molar-refractivity contribution in [3.63, 3.8) is 0 Å². The molecule has 1 unspecified atom stereocenters. The van der Waals surface area contributed by atoms with E-state index >= 15 is 0 Å². The second kappa shape index (κ2) is 6.44. The summed E-state index contributed by atoms with van der Waals surface area (Å²) in [5, 5.41) is 4.62. The van der Waals surface area contributed by atoms with Gasteiger partial charge >= 0.3 is 0 Å². The van der Waals surface area contributed by atoms with E-state index in [9.17, 15) is 0 Å². The molecule has 3 heterocycles. The number of pyridine rings is 2. The van der Waals surface area contributed by atoms with Crippen LogP contribution in [0.4, 0.5) is 0 Å². The van der Waals surface area contributed by atoms with Gasteiger partial charge in [-0.3, -0.25) is 14.9 Å². The van der Waals surface area contributed by atoms with E-state index in [4.69, 9.17) is 0 Å². The first-order valence-electron chi connectivity index (χ1n) is 8.11. The Morgan fingerprint density at radius 1 is 0.957 bits per heavy atom. The zero-order valence-corrected chi connectivity index (χ0v) is 13.0. The molecule has 0 saturated carbocycles. The Hall–Kier alpha value is -2.30. The van der Waals surface area contributed by atoms with Crippen LogP contribution in [0.15, 0.2) is 61.1 Å². The van der Waals surface area contributed by atoms with Crippen LogP contribution in [0, 0.1) is 0 Å². The lowest BCUT2D eigenvalue weighted by atomic mass is 9.98. The molecule has 1 aliphatic rings. The van der Waals surface area contributed by atoms with Crippen molar-refractivity contribution in [2.24, 2.45) is 0 Å². The molecule has 1 aromatic carbocycles. The number of hydrogen-bond acceptors (Lipinski definition) is 4. The van der Waals surface area contributed by atoms with Crippen molar-refractivity contribution >= 4 is 10.9 Å². The molecule has 1 aliphatic heterocycles. The fourth-order valence-corrected chi connectivity index (χ4v) is 3.33. The van der Waals surface area contributed by atoms with Gasteiger partial charge in [-0.25, -0.2) is 0 Å². The van der Waals surface area contributed by atoms with Gasteiger partial charge in [0.25, 0.3) is 0 Å². The van der Waals surface area contributed by atoms with Crippen molar-refractivity contribution in [3.05, 3.63) is 72.2 Å². The monoisotopic (exact) mass is 304 g/mol. The third-order valence-electron chi connectivity index (χ3n) is 4.44. The summed E-state index contributed by atoms with van der Waals surface area (Å²) >= 11 is 0. The summed E-state index contributed by atoms with van der Waals surface area (Å²) in [6.45, 7) is 4.12. The lowest BCUT2D eigenvalue weighted by Gasteiger charge is -2.35. The molecule has 116 valence electrons. The summed E-state index contributed by atoms with van der Waals surface area (Å²) in [5.41, 5.74) is 3.51. The van der Waals surface area contributed by atoms with E-state index in [1.165, 1.54) is 16.5 Å². The number of para-hydroxylation sites is 1. The van der Waals surface area contributed by atoms with Crippen molar-refractivity contribution in [2.45, 2.75) is 6.04 Å². The standard InChI is InChI=1S/C19H20N4/c1-2-6-18-15(4-1)12-17(14-22-18)19(16-5-3-7-21-13-16)23-10-8-20-9-11-23/h1-7,12-14,19-20H,8-11H2. The topological polar surface area (TPSA) is 41.1 Å². The van der Waals surface area contributed by atoms with Crippen LogP contribution in [-0.4, -0.2) is 41.0 Å². The molecule has 23 heavy (non-hydrogen) atoms. The maximum atomic E-state index is 4.66. The van der Waals surface area contributed by atoms with E-state index in [0.717, 1.165) is 31.7 Å². The van der Waals surface area contributed by atoms with Crippen LogP contribution in [-0.2, 0) is 0 Å². The summed E-state index contributed by atoms with van der Waals surface area (Å²) in [5.74, 6) is 0. The molecule has 4 nitrogen and oxygen atoms in total. The third kappa shape index (κ3) is 2.96. The molecule has 3 aromatic rings.